The molecular formula is C31H35N5O6S. The molecular weight excluding hydrogens is 570 g/mol. The predicted molar refractivity (Wildman–Crippen MR) is 165 cm³/mol. The number of nitro groups is 1. The number of aromatic nitrogens is 1. The highest BCUT2D eigenvalue weighted by molar-refractivity contribution is 7.89. The molecule has 226 valence electrons. The van der Waals surface area contributed by atoms with Crippen LogP contribution in [0.2, 0.25) is 0 Å². The first-order chi connectivity index (χ1) is 20.6. The number of hydrogen-bond donors (Lipinski definition) is 0. The maximum atomic E-state index is 13.4. The number of nitrogens with zero attached hydrogens (tertiary/aromatic N) is 5. The van der Waals surface area contributed by atoms with Crippen molar-refractivity contribution in [2.45, 2.75) is 38.0 Å². The van der Waals surface area contributed by atoms with Crippen molar-refractivity contribution in [3.8, 4) is 5.69 Å². The number of carbonyl (C=O) groups is 1. The summed E-state index contributed by atoms with van der Waals surface area (Å²) in [6.45, 7) is 6.69. The fourth-order valence-corrected chi connectivity index (χ4v) is 7.79. The molecule has 0 radical (unpaired) electrons. The summed E-state index contributed by atoms with van der Waals surface area (Å²) in [4.78, 5) is 28.9. The number of rotatable bonds is 6. The average Bonchev–Trinajstić information content (AvgIpc) is 3.43. The lowest BCUT2D eigenvalue weighted by molar-refractivity contribution is -0.384. The number of fused-ring (bicyclic) bond motifs is 1. The highest BCUT2D eigenvalue weighted by Gasteiger charge is 2.34. The molecule has 1 aromatic heterocycles. The van der Waals surface area contributed by atoms with Gasteiger partial charge in [-0.3, -0.25) is 14.9 Å². The number of sulfonamides is 1. The molecule has 43 heavy (non-hydrogen) atoms. The summed E-state index contributed by atoms with van der Waals surface area (Å²) >= 11 is 0. The smallest absolute Gasteiger partial charge is 0.294 e. The van der Waals surface area contributed by atoms with Crippen LogP contribution >= 0.6 is 0 Å². The largest absolute Gasteiger partial charge is 0.379 e. The fourth-order valence-electron chi connectivity index (χ4n) is 6.35. The van der Waals surface area contributed by atoms with Crippen molar-refractivity contribution in [3.05, 3.63) is 75.1 Å². The van der Waals surface area contributed by atoms with Crippen molar-refractivity contribution in [1.82, 2.24) is 8.87 Å². The van der Waals surface area contributed by atoms with E-state index in [-0.39, 0.29) is 34.5 Å². The van der Waals surface area contributed by atoms with Crippen LogP contribution in [0, 0.1) is 24.0 Å². The van der Waals surface area contributed by atoms with Gasteiger partial charge in [0.2, 0.25) is 10.0 Å². The lowest BCUT2D eigenvalue weighted by atomic mass is 10.0. The van der Waals surface area contributed by atoms with Gasteiger partial charge in [-0.2, -0.15) is 4.31 Å². The van der Waals surface area contributed by atoms with E-state index in [0.29, 0.717) is 41.4 Å². The van der Waals surface area contributed by atoms with Crippen molar-refractivity contribution < 1.29 is 22.9 Å². The first kappa shape index (κ1) is 29.1. The molecule has 4 heterocycles. The molecule has 6 rings (SSSR count). The van der Waals surface area contributed by atoms with E-state index in [4.69, 9.17) is 4.74 Å². The third kappa shape index (κ3) is 5.13. The van der Waals surface area contributed by atoms with Crippen molar-refractivity contribution in [2.75, 3.05) is 56.2 Å². The second-order valence-corrected chi connectivity index (χ2v) is 13.2. The number of nitro benzene ring substituents is 1. The molecule has 2 aromatic carbocycles. The number of amides is 1. The van der Waals surface area contributed by atoms with E-state index < -0.39 is 10.0 Å². The van der Waals surface area contributed by atoms with Gasteiger partial charge in [-0.15, -0.1) is 0 Å². The zero-order valence-electron chi connectivity index (χ0n) is 24.6. The van der Waals surface area contributed by atoms with E-state index in [1.807, 2.05) is 36.6 Å². The summed E-state index contributed by atoms with van der Waals surface area (Å²) in [5.41, 5.74) is 5.39. The predicted octanol–water partition coefficient (Wildman–Crippen LogP) is 4.53. The van der Waals surface area contributed by atoms with Crippen LogP contribution in [-0.4, -0.2) is 74.6 Å². The molecule has 3 aliphatic heterocycles. The molecule has 0 unspecified atom stereocenters. The van der Waals surface area contributed by atoms with Gasteiger partial charge in [-0.05, 0) is 81.1 Å². The van der Waals surface area contributed by atoms with Gasteiger partial charge in [0.25, 0.3) is 11.6 Å². The highest BCUT2D eigenvalue weighted by atomic mass is 32.2. The van der Waals surface area contributed by atoms with Crippen LogP contribution in [0.1, 0.15) is 41.8 Å². The fraction of sp³-hybridized carbons (Fsp3) is 0.387. The molecule has 3 aromatic rings. The summed E-state index contributed by atoms with van der Waals surface area (Å²) in [7, 11) is -2.08. The lowest BCUT2D eigenvalue weighted by Crippen LogP contribution is -2.40. The van der Waals surface area contributed by atoms with Crippen molar-refractivity contribution in [2.24, 2.45) is 0 Å². The van der Waals surface area contributed by atoms with Crippen LogP contribution in [0.25, 0.3) is 17.3 Å². The molecule has 3 aliphatic rings. The zero-order chi connectivity index (χ0) is 30.5. The Balaban J connectivity index is 1.39. The summed E-state index contributed by atoms with van der Waals surface area (Å²) in [6.07, 6.45) is 4.95. The van der Waals surface area contributed by atoms with Crippen molar-refractivity contribution in [1.29, 1.82) is 0 Å². The molecule has 2 fully saturated rings. The van der Waals surface area contributed by atoms with Crippen LogP contribution in [0.5, 0.6) is 0 Å². The zero-order valence-corrected chi connectivity index (χ0v) is 25.4. The van der Waals surface area contributed by atoms with E-state index in [2.05, 4.69) is 4.90 Å². The summed E-state index contributed by atoms with van der Waals surface area (Å²) in [5.74, 6) is -0.234. The number of benzene rings is 2. The Morgan fingerprint density at radius 3 is 2.33 bits per heavy atom. The summed E-state index contributed by atoms with van der Waals surface area (Å²) in [6, 6.07) is 12.1. The van der Waals surface area contributed by atoms with E-state index in [1.165, 1.54) is 9.21 Å². The monoisotopic (exact) mass is 605 g/mol. The summed E-state index contributed by atoms with van der Waals surface area (Å²) < 4.78 is 35.4. The maximum absolute atomic E-state index is 13.4. The minimum Gasteiger partial charge on any atom is -0.379 e. The number of piperidine rings is 1. The molecule has 1 amide bonds. The molecule has 0 aliphatic carbocycles. The maximum Gasteiger partial charge on any atom is 0.294 e. The molecule has 12 heteroatoms. The second-order valence-electron chi connectivity index (χ2n) is 11.3. The molecule has 0 saturated carbocycles. The number of likely N-dealkylation sites (N-methyl/N-ethyl adjacent to an activating group) is 1. The van der Waals surface area contributed by atoms with Crippen LogP contribution in [0.4, 0.5) is 17.1 Å². The SMILES string of the molecule is Cc1cc(/C=C2\C(=O)N(C)c3ccc(S(=O)(=O)N4CCOCC4)cc32)c(C)n1-c1ccc(N2CCCCC2)c([N+](=O)[O-])c1. The Bertz CT molecular complexity index is 1750. The van der Waals surface area contributed by atoms with Crippen LogP contribution in [0.15, 0.2) is 47.4 Å². The van der Waals surface area contributed by atoms with Crippen molar-refractivity contribution in [3.63, 3.8) is 0 Å². The highest BCUT2D eigenvalue weighted by Crippen LogP contribution is 2.40. The van der Waals surface area contributed by atoms with Crippen LogP contribution in [-0.2, 0) is 19.6 Å². The minimum absolute atomic E-state index is 0.0716. The van der Waals surface area contributed by atoms with E-state index in [1.54, 1.807) is 37.4 Å². The number of morpholine rings is 1. The minimum atomic E-state index is -3.75. The van der Waals surface area contributed by atoms with Gasteiger partial charge in [0.05, 0.1) is 34.4 Å². The van der Waals surface area contributed by atoms with Crippen LogP contribution in [0.3, 0.4) is 0 Å². The first-order valence-corrected chi connectivity index (χ1v) is 16.0. The van der Waals surface area contributed by atoms with E-state index in [0.717, 1.165) is 49.3 Å². The number of anilines is 2. The normalized spacial score (nSPS) is 18.9. The molecule has 0 N–H and O–H groups in total. The molecule has 0 spiro atoms. The second kappa shape index (κ2) is 11.3. The van der Waals surface area contributed by atoms with Crippen LogP contribution < -0.4 is 9.80 Å². The Morgan fingerprint density at radius 1 is 0.930 bits per heavy atom. The molecule has 11 nitrogen and oxygen atoms in total. The first-order valence-electron chi connectivity index (χ1n) is 14.5. The third-order valence-corrected chi connectivity index (χ3v) is 10.5. The third-order valence-electron chi connectivity index (χ3n) is 8.64. The van der Waals surface area contributed by atoms with Gasteiger partial charge in [-0.1, -0.05) is 0 Å². The van der Waals surface area contributed by atoms with Gasteiger partial charge < -0.3 is 19.1 Å². The van der Waals surface area contributed by atoms with E-state index >= 15 is 0 Å². The number of aryl methyl sites for hydroxylation is 1. The number of carbonyl (C=O) groups excluding carboxylic acids is 1. The number of ether oxygens (including phenoxy) is 1. The Hall–Kier alpha value is -4.00. The van der Waals surface area contributed by atoms with Gasteiger partial charge in [0, 0.05) is 61.8 Å². The standard InChI is InChI=1S/C31H35N5O6S/c1-21-17-23(22(2)35(21)24-7-9-29(30(19-24)36(38)39)33-11-5-4-6-12-33)18-27-26-20-25(8-10-28(26)32(3)31(27)37)43(40,41)34-13-15-42-16-14-34/h7-10,17-20H,4-6,11-16H2,1-3H3/b27-18-. The Morgan fingerprint density at radius 2 is 1.63 bits per heavy atom. The van der Waals surface area contributed by atoms with Crippen molar-refractivity contribution >= 4 is 44.6 Å². The topological polar surface area (TPSA) is 118 Å². The van der Waals surface area contributed by atoms with Gasteiger partial charge in [0.1, 0.15) is 5.69 Å². The summed E-state index contributed by atoms with van der Waals surface area (Å²) in [5, 5.41) is 12.1. The quantitative estimate of drug-likeness (QED) is 0.230. The van der Waals surface area contributed by atoms with Gasteiger partial charge in [-0.25, -0.2) is 8.42 Å². The Labute approximate surface area is 251 Å². The Kier molecular flexibility index (Phi) is 7.61. The lowest BCUT2D eigenvalue weighted by Gasteiger charge is -2.28. The van der Waals surface area contributed by atoms with E-state index in [9.17, 15) is 23.3 Å². The molecule has 0 bridgehead atoms. The molecule has 0 atom stereocenters. The van der Waals surface area contributed by atoms with Gasteiger partial charge in [0.15, 0.2) is 0 Å². The van der Waals surface area contributed by atoms with Gasteiger partial charge >= 0.3 is 0 Å². The number of hydrogen-bond acceptors (Lipinski definition) is 7. The molecule has 2 saturated heterocycles. The average molecular weight is 606 g/mol.